The van der Waals surface area contributed by atoms with Crippen LogP contribution in [0.1, 0.15) is 27.0 Å². The van der Waals surface area contributed by atoms with E-state index in [0.717, 1.165) is 22.4 Å². The Morgan fingerprint density at radius 1 is 0.906 bits per heavy atom. The zero-order valence-electron chi connectivity index (χ0n) is 18.3. The first-order valence-electron chi connectivity index (χ1n) is 10.0. The summed E-state index contributed by atoms with van der Waals surface area (Å²) in [4.78, 5) is 13.1. The van der Waals surface area contributed by atoms with Gasteiger partial charge in [-0.05, 0) is 60.1 Å². The lowest BCUT2D eigenvalue weighted by Gasteiger charge is -2.27. The second kappa shape index (κ2) is 10.6. The van der Waals surface area contributed by atoms with Crippen LogP contribution in [-0.2, 0) is 13.1 Å². The molecule has 6 nitrogen and oxygen atoms in total. The fourth-order valence-corrected chi connectivity index (χ4v) is 3.45. The highest BCUT2D eigenvalue weighted by atomic mass is 32.1. The lowest BCUT2D eigenvalue weighted by atomic mass is 10.1. The van der Waals surface area contributed by atoms with Crippen LogP contribution in [0, 0.1) is 6.92 Å². The van der Waals surface area contributed by atoms with Crippen molar-refractivity contribution >= 4 is 29.0 Å². The Bertz CT molecular complexity index is 1080. The van der Waals surface area contributed by atoms with Gasteiger partial charge >= 0.3 is 0 Å². The molecule has 3 rings (SSSR count). The number of carbonyl (C=O) groups is 1. The summed E-state index contributed by atoms with van der Waals surface area (Å²) in [5.41, 5.74) is 4.10. The summed E-state index contributed by atoms with van der Waals surface area (Å²) < 4.78 is 10.8. The smallest absolute Gasteiger partial charge is 0.174 e. The number of nitrogens with zero attached hydrogens (tertiary/aromatic N) is 1. The van der Waals surface area contributed by atoms with Gasteiger partial charge in [-0.2, -0.15) is 0 Å². The number of nitrogens with one attached hydrogen (secondary N) is 1. The van der Waals surface area contributed by atoms with Crippen molar-refractivity contribution in [2.24, 2.45) is 0 Å². The van der Waals surface area contributed by atoms with Crippen molar-refractivity contribution in [3.05, 3.63) is 89.0 Å². The molecular weight excluding hydrogens is 424 g/mol. The Labute approximate surface area is 193 Å². The topological polar surface area (TPSA) is 73.9 Å². The van der Waals surface area contributed by atoms with Gasteiger partial charge in [0, 0.05) is 18.8 Å². The summed E-state index contributed by atoms with van der Waals surface area (Å²) in [5, 5.41) is 14.9. The monoisotopic (exact) mass is 449 g/mol. The molecule has 0 aliphatic carbocycles. The highest BCUT2D eigenvalue weighted by Crippen LogP contribution is 2.28. The van der Waals surface area contributed by atoms with Gasteiger partial charge in [-0.3, -0.25) is 0 Å². The lowest BCUT2D eigenvalue weighted by Crippen LogP contribution is -2.34. The lowest BCUT2D eigenvalue weighted by molar-refractivity contribution is -0.255. The third-order valence-electron chi connectivity index (χ3n) is 4.97. The number of hydrogen-bond acceptors (Lipinski definition) is 5. The Kier molecular flexibility index (Phi) is 7.68. The minimum Gasteiger partial charge on any atom is -0.545 e. The zero-order chi connectivity index (χ0) is 23.1. The fourth-order valence-electron chi connectivity index (χ4n) is 3.20. The van der Waals surface area contributed by atoms with Crippen LogP contribution in [0.3, 0.4) is 0 Å². The summed E-state index contributed by atoms with van der Waals surface area (Å²) in [6.45, 7) is 3.03. The number of aromatic carboxylic acids is 1. The van der Waals surface area contributed by atoms with Gasteiger partial charge < -0.3 is 29.6 Å². The van der Waals surface area contributed by atoms with E-state index < -0.39 is 5.97 Å². The molecule has 3 aromatic rings. The average Bonchev–Trinajstić information content (AvgIpc) is 2.80. The molecule has 0 spiro atoms. The predicted octanol–water partition coefficient (Wildman–Crippen LogP) is 3.77. The molecule has 0 unspecified atom stereocenters. The minimum atomic E-state index is -1.20. The number of carboxylic acids is 1. The molecule has 3 aromatic carbocycles. The summed E-state index contributed by atoms with van der Waals surface area (Å²) in [6.07, 6.45) is 0. The van der Waals surface area contributed by atoms with E-state index in [-0.39, 0.29) is 5.56 Å². The minimum absolute atomic E-state index is 0.139. The van der Waals surface area contributed by atoms with Gasteiger partial charge in [-0.25, -0.2) is 0 Å². The van der Waals surface area contributed by atoms with Crippen molar-refractivity contribution in [1.82, 2.24) is 4.90 Å². The molecule has 0 saturated heterocycles. The second-order valence-electron chi connectivity index (χ2n) is 7.33. The molecule has 0 heterocycles. The number of benzene rings is 3. The zero-order valence-corrected chi connectivity index (χ0v) is 19.1. The fraction of sp³-hybridized carbons (Fsp3) is 0.200. The summed E-state index contributed by atoms with van der Waals surface area (Å²) >= 11 is 5.72. The van der Waals surface area contributed by atoms with Crippen molar-refractivity contribution in [2.75, 3.05) is 19.5 Å². The van der Waals surface area contributed by atoms with Gasteiger partial charge in [0.25, 0.3) is 0 Å². The molecule has 0 aromatic heterocycles. The van der Waals surface area contributed by atoms with Gasteiger partial charge in [-0.15, -0.1) is 0 Å². The van der Waals surface area contributed by atoms with Crippen molar-refractivity contribution in [3.63, 3.8) is 0 Å². The van der Waals surface area contributed by atoms with Crippen LogP contribution < -0.4 is 19.9 Å². The van der Waals surface area contributed by atoms with Crippen molar-refractivity contribution in [3.8, 4) is 11.5 Å². The number of rotatable bonds is 8. The number of methoxy groups -OCH3 is 2. The van der Waals surface area contributed by atoms with Crippen LogP contribution in [0.25, 0.3) is 0 Å². The molecule has 1 N–H and O–H groups in total. The molecule has 0 fully saturated rings. The van der Waals surface area contributed by atoms with E-state index in [9.17, 15) is 9.90 Å². The first kappa shape index (κ1) is 23.1. The molecular formula is C25H25N2O4S-. The predicted molar refractivity (Wildman–Crippen MR) is 127 cm³/mol. The van der Waals surface area contributed by atoms with E-state index in [0.29, 0.717) is 29.7 Å². The molecule has 166 valence electrons. The number of thiocarbonyl (C=S) groups is 1. The maximum absolute atomic E-state index is 11.0. The van der Waals surface area contributed by atoms with E-state index in [1.807, 2.05) is 54.3 Å². The number of anilines is 1. The Morgan fingerprint density at radius 2 is 1.50 bits per heavy atom. The molecule has 0 radical (unpaired) electrons. The molecule has 32 heavy (non-hydrogen) atoms. The van der Waals surface area contributed by atoms with Crippen LogP contribution in [0.4, 0.5) is 5.69 Å². The number of ether oxygens (including phenoxy) is 2. The quantitative estimate of drug-likeness (QED) is 0.525. The largest absolute Gasteiger partial charge is 0.545 e. The van der Waals surface area contributed by atoms with Crippen LogP contribution in [0.2, 0.25) is 0 Å². The highest BCUT2D eigenvalue weighted by Gasteiger charge is 2.14. The third kappa shape index (κ3) is 5.98. The molecule has 0 amide bonds. The van der Waals surface area contributed by atoms with E-state index in [1.165, 1.54) is 12.1 Å². The second-order valence-corrected chi connectivity index (χ2v) is 7.71. The number of aryl methyl sites for hydroxylation is 1. The number of carboxylic acid groups (broad SMARTS) is 1. The van der Waals surface area contributed by atoms with Crippen molar-refractivity contribution in [2.45, 2.75) is 20.0 Å². The Morgan fingerprint density at radius 3 is 2.09 bits per heavy atom. The van der Waals surface area contributed by atoms with Gasteiger partial charge in [0.05, 0.1) is 20.2 Å². The van der Waals surface area contributed by atoms with Gasteiger partial charge in [0.1, 0.15) is 0 Å². The van der Waals surface area contributed by atoms with E-state index in [2.05, 4.69) is 5.32 Å². The normalized spacial score (nSPS) is 10.3. The average molecular weight is 450 g/mol. The number of hydrogen-bond donors (Lipinski definition) is 1. The molecule has 7 heteroatoms. The first-order valence-corrected chi connectivity index (χ1v) is 10.4. The Hall–Kier alpha value is -3.58. The van der Waals surface area contributed by atoms with E-state index in [4.69, 9.17) is 21.7 Å². The summed E-state index contributed by atoms with van der Waals surface area (Å²) in [7, 11) is 3.20. The number of carbonyl (C=O) groups excluding carboxylic acids is 1. The van der Waals surface area contributed by atoms with Crippen molar-refractivity contribution < 1.29 is 19.4 Å². The maximum Gasteiger partial charge on any atom is 0.174 e. The molecule has 0 saturated carbocycles. The van der Waals surface area contributed by atoms with Crippen molar-refractivity contribution in [1.29, 1.82) is 0 Å². The Balaban J connectivity index is 1.84. The molecule has 0 aliphatic heterocycles. The third-order valence-corrected chi connectivity index (χ3v) is 5.33. The molecule has 0 atom stereocenters. The van der Waals surface area contributed by atoms with Gasteiger partial charge in [0.2, 0.25) is 0 Å². The highest BCUT2D eigenvalue weighted by molar-refractivity contribution is 7.80. The van der Waals surface area contributed by atoms with Gasteiger partial charge in [0.15, 0.2) is 16.6 Å². The SMILES string of the molecule is COc1ccc(CN(Cc2ccc(C(=O)[O-])cc2)C(=S)Nc2ccc(C)cc2)cc1OC. The first-order chi connectivity index (χ1) is 15.4. The van der Waals surface area contributed by atoms with Gasteiger partial charge in [-0.1, -0.05) is 48.0 Å². The standard InChI is InChI=1S/C25H26N2O4S/c1-17-4-11-21(12-5-17)26-25(32)27(15-18-6-9-20(10-7-18)24(28)29)16-19-8-13-22(30-2)23(14-19)31-3/h4-14H,15-16H2,1-3H3,(H,26,32)(H,28,29)/p-1. The van der Waals surface area contributed by atoms with E-state index in [1.54, 1.807) is 26.4 Å². The van der Waals surface area contributed by atoms with Crippen LogP contribution >= 0.6 is 12.2 Å². The molecule has 0 aliphatic rings. The summed E-state index contributed by atoms with van der Waals surface area (Å²) in [5.74, 6) is 0.0944. The maximum atomic E-state index is 11.0. The van der Waals surface area contributed by atoms with Crippen LogP contribution in [0.15, 0.2) is 66.7 Å². The van der Waals surface area contributed by atoms with Crippen LogP contribution in [0.5, 0.6) is 11.5 Å². The molecule has 0 bridgehead atoms. The van der Waals surface area contributed by atoms with E-state index >= 15 is 0 Å². The summed E-state index contributed by atoms with van der Waals surface area (Å²) in [6, 6.07) is 20.3. The van der Waals surface area contributed by atoms with Crippen LogP contribution in [-0.4, -0.2) is 30.2 Å².